The van der Waals surface area contributed by atoms with E-state index in [1.54, 1.807) is 0 Å². The van der Waals surface area contributed by atoms with Crippen LogP contribution in [0, 0.1) is 0 Å². The van der Waals surface area contributed by atoms with E-state index in [1.165, 1.54) is 5.56 Å². The number of aromatic nitrogens is 1. The van der Waals surface area contributed by atoms with Gasteiger partial charge in [0.15, 0.2) is 0 Å². The van der Waals surface area contributed by atoms with Crippen LogP contribution in [0.4, 0.5) is 0 Å². The van der Waals surface area contributed by atoms with Crippen LogP contribution in [0.15, 0.2) is 18.3 Å². The largest absolute Gasteiger partial charge is 0.395 e. The van der Waals surface area contributed by atoms with Crippen LogP contribution in [0.5, 0.6) is 0 Å². The molecular weight excluding hydrogens is 228 g/mol. The third-order valence-corrected chi connectivity index (χ3v) is 3.38. The van der Waals surface area contributed by atoms with Crippen molar-refractivity contribution in [2.45, 2.75) is 13.1 Å². The highest BCUT2D eigenvalue weighted by Gasteiger charge is 2.16. The number of nitrogens with two attached hydrogens (primary N) is 1. The Balaban J connectivity index is 1.83. The van der Waals surface area contributed by atoms with E-state index in [2.05, 4.69) is 26.9 Å². The second-order valence-corrected chi connectivity index (χ2v) is 4.70. The number of aliphatic hydroxyl groups is 1. The average molecular weight is 250 g/mol. The molecule has 1 aliphatic heterocycles. The molecule has 1 aromatic rings. The summed E-state index contributed by atoms with van der Waals surface area (Å²) in [5.41, 5.74) is 7.83. The molecule has 1 aromatic heterocycles. The van der Waals surface area contributed by atoms with E-state index in [9.17, 15) is 0 Å². The fourth-order valence-electron chi connectivity index (χ4n) is 2.31. The molecule has 100 valence electrons. The summed E-state index contributed by atoms with van der Waals surface area (Å²) < 4.78 is 0. The van der Waals surface area contributed by atoms with Crippen molar-refractivity contribution in [1.29, 1.82) is 0 Å². The van der Waals surface area contributed by atoms with Crippen molar-refractivity contribution in [3.05, 3.63) is 29.6 Å². The van der Waals surface area contributed by atoms with Gasteiger partial charge in [-0.1, -0.05) is 0 Å². The van der Waals surface area contributed by atoms with Crippen LogP contribution in [0.1, 0.15) is 11.3 Å². The van der Waals surface area contributed by atoms with Gasteiger partial charge < -0.3 is 10.8 Å². The molecule has 2 heterocycles. The average Bonchev–Trinajstić information content (AvgIpc) is 2.42. The van der Waals surface area contributed by atoms with Crippen molar-refractivity contribution < 1.29 is 5.11 Å². The van der Waals surface area contributed by atoms with Gasteiger partial charge in [0, 0.05) is 52.0 Å². The lowest BCUT2D eigenvalue weighted by Gasteiger charge is -2.34. The Morgan fingerprint density at radius 2 is 1.94 bits per heavy atom. The van der Waals surface area contributed by atoms with Crippen molar-refractivity contribution in [1.82, 2.24) is 14.8 Å². The molecule has 0 spiro atoms. The van der Waals surface area contributed by atoms with Gasteiger partial charge in [-0.25, -0.2) is 0 Å². The minimum atomic E-state index is 0.254. The SMILES string of the molecule is NCc1cc(CN2CCN(CCO)CC2)ccn1. The van der Waals surface area contributed by atoms with E-state index in [4.69, 9.17) is 10.8 Å². The summed E-state index contributed by atoms with van der Waals surface area (Å²) in [6.45, 7) is 6.69. The monoisotopic (exact) mass is 250 g/mol. The molecule has 0 saturated carbocycles. The Morgan fingerprint density at radius 3 is 2.61 bits per heavy atom. The quantitative estimate of drug-likeness (QED) is 0.748. The van der Waals surface area contributed by atoms with Crippen molar-refractivity contribution >= 4 is 0 Å². The summed E-state index contributed by atoms with van der Waals surface area (Å²) in [7, 11) is 0. The molecule has 0 unspecified atom stereocenters. The molecule has 18 heavy (non-hydrogen) atoms. The van der Waals surface area contributed by atoms with Crippen molar-refractivity contribution in [2.75, 3.05) is 39.3 Å². The van der Waals surface area contributed by atoms with E-state index in [1.807, 2.05) is 6.20 Å². The highest BCUT2D eigenvalue weighted by Crippen LogP contribution is 2.09. The second kappa shape index (κ2) is 6.80. The molecule has 1 fully saturated rings. The van der Waals surface area contributed by atoms with E-state index in [0.717, 1.165) is 45.0 Å². The minimum Gasteiger partial charge on any atom is -0.395 e. The zero-order chi connectivity index (χ0) is 12.8. The van der Waals surface area contributed by atoms with Crippen LogP contribution in [0.25, 0.3) is 0 Å². The summed E-state index contributed by atoms with van der Waals surface area (Å²) >= 11 is 0. The van der Waals surface area contributed by atoms with E-state index >= 15 is 0 Å². The number of rotatable bonds is 5. The maximum absolute atomic E-state index is 8.90. The number of aliphatic hydroxyl groups excluding tert-OH is 1. The Hall–Kier alpha value is -1.01. The van der Waals surface area contributed by atoms with E-state index in [0.29, 0.717) is 6.54 Å². The molecule has 2 rings (SSSR count). The van der Waals surface area contributed by atoms with Gasteiger partial charge in [0.25, 0.3) is 0 Å². The molecule has 1 aliphatic rings. The van der Waals surface area contributed by atoms with Gasteiger partial charge in [-0.15, -0.1) is 0 Å². The lowest BCUT2D eigenvalue weighted by atomic mass is 10.2. The first kappa shape index (κ1) is 13.4. The lowest BCUT2D eigenvalue weighted by Crippen LogP contribution is -2.46. The van der Waals surface area contributed by atoms with Gasteiger partial charge in [0.2, 0.25) is 0 Å². The molecule has 0 aromatic carbocycles. The van der Waals surface area contributed by atoms with Gasteiger partial charge >= 0.3 is 0 Å². The number of hydrogen-bond acceptors (Lipinski definition) is 5. The normalized spacial score (nSPS) is 18.1. The zero-order valence-electron chi connectivity index (χ0n) is 10.8. The molecule has 0 aliphatic carbocycles. The molecular formula is C13H22N4O. The zero-order valence-corrected chi connectivity index (χ0v) is 10.8. The summed E-state index contributed by atoms with van der Waals surface area (Å²) in [5, 5.41) is 8.90. The maximum atomic E-state index is 8.90. The van der Waals surface area contributed by atoms with Gasteiger partial charge in [0.05, 0.1) is 12.3 Å². The van der Waals surface area contributed by atoms with Crippen molar-refractivity contribution in [3.8, 4) is 0 Å². The first-order valence-electron chi connectivity index (χ1n) is 6.51. The predicted molar refractivity (Wildman–Crippen MR) is 70.9 cm³/mol. The van der Waals surface area contributed by atoms with Crippen molar-refractivity contribution in [2.24, 2.45) is 5.73 Å². The number of piperazine rings is 1. The highest BCUT2D eigenvalue weighted by atomic mass is 16.3. The Bertz CT molecular complexity index is 364. The standard InChI is InChI=1S/C13H22N4O/c14-10-13-9-12(1-2-15-13)11-17-5-3-16(4-6-17)7-8-18/h1-2,9,18H,3-8,10-11,14H2. The van der Waals surface area contributed by atoms with E-state index in [-0.39, 0.29) is 6.61 Å². The predicted octanol–water partition coefficient (Wildman–Crippen LogP) is -0.350. The third kappa shape index (κ3) is 3.74. The van der Waals surface area contributed by atoms with Gasteiger partial charge in [0.1, 0.15) is 0 Å². The van der Waals surface area contributed by atoms with Crippen molar-refractivity contribution in [3.63, 3.8) is 0 Å². The Kier molecular flexibility index (Phi) is 5.07. The Morgan fingerprint density at radius 1 is 1.22 bits per heavy atom. The van der Waals surface area contributed by atoms with Gasteiger partial charge in [-0.2, -0.15) is 0 Å². The number of β-amino-alcohol motifs (C(OH)–C–C–N with tert-alkyl or cyclic N) is 1. The van der Waals surface area contributed by atoms with Crippen LogP contribution >= 0.6 is 0 Å². The lowest BCUT2D eigenvalue weighted by molar-refractivity contribution is 0.108. The number of pyridine rings is 1. The summed E-state index contributed by atoms with van der Waals surface area (Å²) in [6.07, 6.45) is 1.83. The molecule has 0 amide bonds. The van der Waals surface area contributed by atoms with Gasteiger partial charge in [-0.05, 0) is 17.7 Å². The smallest absolute Gasteiger partial charge is 0.0558 e. The summed E-state index contributed by atoms with van der Waals surface area (Å²) in [6, 6.07) is 4.14. The summed E-state index contributed by atoms with van der Waals surface area (Å²) in [5.74, 6) is 0. The molecule has 0 bridgehead atoms. The first-order chi connectivity index (χ1) is 8.81. The first-order valence-corrected chi connectivity index (χ1v) is 6.51. The fourth-order valence-corrected chi connectivity index (χ4v) is 2.31. The van der Waals surface area contributed by atoms with Crippen LogP contribution in [0.2, 0.25) is 0 Å². The Labute approximate surface area is 108 Å². The van der Waals surface area contributed by atoms with Crippen LogP contribution in [-0.2, 0) is 13.1 Å². The van der Waals surface area contributed by atoms with Crippen LogP contribution in [-0.4, -0.2) is 59.2 Å². The third-order valence-electron chi connectivity index (χ3n) is 3.38. The molecule has 1 saturated heterocycles. The number of nitrogens with zero attached hydrogens (tertiary/aromatic N) is 3. The fraction of sp³-hybridized carbons (Fsp3) is 0.615. The summed E-state index contributed by atoms with van der Waals surface area (Å²) in [4.78, 5) is 8.94. The molecule has 3 N–H and O–H groups in total. The molecule has 5 nitrogen and oxygen atoms in total. The minimum absolute atomic E-state index is 0.254. The second-order valence-electron chi connectivity index (χ2n) is 4.70. The van der Waals surface area contributed by atoms with Gasteiger partial charge in [-0.3, -0.25) is 14.8 Å². The van der Waals surface area contributed by atoms with Crippen LogP contribution < -0.4 is 5.73 Å². The maximum Gasteiger partial charge on any atom is 0.0558 e. The molecule has 5 heteroatoms. The van der Waals surface area contributed by atoms with Crippen LogP contribution in [0.3, 0.4) is 0 Å². The number of hydrogen-bond donors (Lipinski definition) is 2. The topological polar surface area (TPSA) is 65.6 Å². The molecule has 0 atom stereocenters. The highest BCUT2D eigenvalue weighted by molar-refractivity contribution is 5.16. The molecule has 0 radical (unpaired) electrons. The van der Waals surface area contributed by atoms with E-state index < -0.39 is 0 Å².